The lowest BCUT2D eigenvalue weighted by Gasteiger charge is -2.07. The summed E-state index contributed by atoms with van der Waals surface area (Å²) in [4.78, 5) is 0. The molecule has 7 heteroatoms. The van der Waals surface area contributed by atoms with Crippen LogP contribution in [0.2, 0.25) is 0 Å². The molecule has 0 fully saturated rings. The molecule has 0 aromatic carbocycles. The lowest BCUT2D eigenvalue weighted by Crippen LogP contribution is -2.19. The molecule has 0 saturated heterocycles. The van der Waals surface area contributed by atoms with Crippen LogP contribution in [0.5, 0.6) is 0 Å². The van der Waals surface area contributed by atoms with Crippen molar-refractivity contribution in [2.24, 2.45) is 5.73 Å². The van der Waals surface area contributed by atoms with Crippen molar-refractivity contribution in [1.82, 2.24) is 0 Å². The van der Waals surface area contributed by atoms with Gasteiger partial charge in [-0.3, -0.25) is 0 Å². The molecule has 0 atom stereocenters. The maximum absolute atomic E-state index is 11.5. The molecule has 6 nitrogen and oxygen atoms in total. The number of nitrogens with two attached hydrogens (primary N) is 1. The average molecular weight is 311 g/mol. The zero-order chi connectivity index (χ0) is 15.1. The SMILES string of the molecule is CCCCOCCOCCOCCS(=O)(=O)CCCN. The third-order valence-corrected chi connectivity index (χ3v) is 4.28. The van der Waals surface area contributed by atoms with Gasteiger partial charge in [0.05, 0.1) is 44.5 Å². The molecule has 0 saturated carbocycles. The first kappa shape index (κ1) is 19.8. The highest BCUT2D eigenvalue weighted by Gasteiger charge is 2.09. The Labute approximate surface area is 122 Å². The van der Waals surface area contributed by atoms with Crippen molar-refractivity contribution in [1.29, 1.82) is 0 Å². The van der Waals surface area contributed by atoms with Crippen LogP contribution in [0.3, 0.4) is 0 Å². The molecule has 20 heavy (non-hydrogen) atoms. The Bertz CT molecular complexity index is 295. The van der Waals surface area contributed by atoms with Crippen LogP contribution < -0.4 is 5.73 Å². The Morgan fingerprint density at radius 2 is 1.35 bits per heavy atom. The second-order valence-electron chi connectivity index (χ2n) is 4.48. The van der Waals surface area contributed by atoms with Crippen molar-refractivity contribution in [3.8, 4) is 0 Å². The summed E-state index contributed by atoms with van der Waals surface area (Å²) in [7, 11) is -3.02. The van der Waals surface area contributed by atoms with Gasteiger partial charge >= 0.3 is 0 Å². The lowest BCUT2D eigenvalue weighted by molar-refractivity contribution is 0.0167. The molecule has 122 valence electrons. The summed E-state index contributed by atoms with van der Waals surface area (Å²) in [5.41, 5.74) is 5.27. The van der Waals surface area contributed by atoms with Gasteiger partial charge in [-0.1, -0.05) is 13.3 Å². The van der Waals surface area contributed by atoms with Crippen LogP contribution in [0.4, 0.5) is 0 Å². The highest BCUT2D eigenvalue weighted by Crippen LogP contribution is 1.94. The van der Waals surface area contributed by atoms with E-state index in [1.807, 2.05) is 0 Å². The second kappa shape index (κ2) is 13.8. The molecule has 0 aliphatic carbocycles. The Kier molecular flexibility index (Phi) is 13.6. The zero-order valence-corrected chi connectivity index (χ0v) is 13.3. The van der Waals surface area contributed by atoms with Crippen LogP contribution in [0.1, 0.15) is 26.2 Å². The maximum Gasteiger partial charge on any atom is 0.152 e. The van der Waals surface area contributed by atoms with E-state index < -0.39 is 9.84 Å². The molecule has 0 radical (unpaired) electrons. The van der Waals surface area contributed by atoms with Crippen molar-refractivity contribution in [3.63, 3.8) is 0 Å². The van der Waals surface area contributed by atoms with Gasteiger partial charge in [-0.25, -0.2) is 8.42 Å². The Balaban J connectivity index is 3.24. The van der Waals surface area contributed by atoms with Gasteiger partial charge in [0, 0.05) is 6.61 Å². The number of sulfone groups is 1. The molecule has 0 amide bonds. The number of rotatable bonds is 15. The molecule has 0 spiro atoms. The molecule has 0 aliphatic rings. The quantitative estimate of drug-likeness (QED) is 0.446. The Morgan fingerprint density at radius 1 is 0.800 bits per heavy atom. The summed E-state index contributed by atoms with van der Waals surface area (Å²) in [6.45, 7) is 5.50. The van der Waals surface area contributed by atoms with Crippen LogP contribution in [0.15, 0.2) is 0 Å². The maximum atomic E-state index is 11.5. The summed E-state index contributed by atoms with van der Waals surface area (Å²) in [5, 5.41) is 0. The van der Waals surface area contributed by atoms with Gasteiger partial charge in [-0.2, -0.15) is 0 Å². The van der Waals surface area contributed by atoms with Crippen molar-refractivity contribution in [2.45, 2.75) is 26.2 Å². The van der Waals surface area contributed by atoms with Crippen molar-refractivity contribution in [2.75, 3.05) is 57.7 Å². The van der Waals surface area contributed by atoms with E-state index in [4.69, 9.17) is 19.9 Å². The summed E-state index contributed by atoms with van der Waals surface area (Å²) in [5.74, 6) is 0.186. The Morgan fingerprint density at radius 3 is 1.90 bits per heavy atom. The molecule has 0 aromatic heterocycles. The van der Waals surface area contributed by atoms with E-state index >= 15 is 0 Å². The normalized spacial score (nSPS) is 11.9. The summed E-state index contributed by atoms with van der Waals surface area (Å²) in [6.07, 6.45) is 2.70. The smallest absolute Gasteiger partial charge is 0.152 e. The van der Waals surface area contributed by atoms with Gasteiger partial charge in [-0.15, -0.1) is 0 Å². The minimum atomic E-state index is -3.02. The van der Waals surface area contributed by atoms with Crippen molar-refractivity contribution >= 4 is 9.84 Å². The first-order chi connectivity index (χ1) is 9.62. The molecular formula is C13H29NO5S. The molecule has 0 heterocycles. The fourth-order valence-electron chi connectivity index (χ4n) is 1.38. The first-order valence-electron chi connectivity index (χ1n) is 7.26. The van der Waals surface area contributed by atoms with Gasteiger partial charge in [0.25, 0.3) is 0 Å². The van der Waals surface area contributed by atoms with Crippen molar-refractivity contribution < 1.29 is 22.6 Å². The predicted molar refractivity (Wildman–Crippen MR) is 79.7 cm³/mol. The van der Waals surface area contributed by atoms with Crippen LogP contribution in [0.25, 0.3) is 0 Å². The van der Waals surface area contributed by atoms with Gasteiger partial charge in [-0.05, 0) is 19.4 Å². The fraction of sp³-hybridized carbons (Fsp3) is 1.00. The average Bonchev–Trinajstić information content (AvgIpc) is 2.42. The van der Waals surface area contributed by atoms with E-state index in [0.29, 0.717) is 39.4 Å². The van der Waals surface area contributed by atoms with E-state index in [1.54, 1.807) is 0 Å². The highest BCUT2D eigenvalue weighted by molar-refractivity contribution is 7.91. The summed E-state index contributed by atoms with van der Waals surface area (Å²) in [6, 6.07) is 0. The first-order valence-corrected chi connectivity index (χ1v) is 9.08. The van der Waals surface area contributed by atoms with E-state index in [1.165, 1.54) is 0 Å². The lowest BCUT2D eigenvalue weighted by atomic mass is 10.4. The molecular weight excluding hydrogens is 282 g/mol. The van der Waals surface area contributed by atoms with E-state index in [2.05, 4.69) is 6.92 Å². The molecule has 0 bridgehead atoms. The highest BCUT2D eigenvalue weighted by atomic mass is 32.2. The number of hydrogen-bond donors (Lipinski definition) is 1. The molecule has 0 unspecified atom stereocenters. The van der Waals surface area contributed by atoms with Crippen LogP contribution >= 0.6 is 0 Å². The number of ether oxygens (including phenoxy) is 3. The topological polar surface area (TPSA) is 87.9 Å². The van der Waals surface area contributed by atoms with Crippen LogP contribution in [0, 0.1) is 0 Å². The number of hydrogen-bond acceptors (Lipinski definition) is 6. The van der Waals surface area contributed by atoms with Gasteiger partial charge in [0.1, 0.15) is 0 Å². The van der Waals surface area contributed by atoms with E-state index in [-0.39, 0.29) is 18.1 Å². The fourth-order valence-corrected chi connectivity index (χ4v) is 2.56. The van der Waals surface area contributed by atoms with Gasteiger partial charge in [0.15, 0.2) is 9.84 Å². The monoisotopic (exact) mass is 311 g/mol. The molecule has 0 aromatic rings. The van der Waals surface area contributed by atoms with Crippen LogP contribution in [-0.2, 0) is 24.0 Å². The number of unbranched alkanes of at least 4 members (excludes halogenated alkanes) is 1. The standard InChI is InChI=1S/C13H29NO5S/c1-2-3-6-17-7-8-18-9-10-19-11-13-20(15,16)12-4-5-14/h2-14H2,1H3. The Hall–Kier alpha value is -0.210. The molecule has 2 N–H and O–H groups in total. The zero-order valence-electron chi connectivity index (χ0n) is 12.5. The largest absolute Gasteiger partial charge is 0.379 e. The summed E-state index contributed by atoms with van der Waals surface area (Å²) < 4.78 is 38.8. The molecule has 0 aliphatic heterocycles. The van der Waals surface area contributed by atoms with E-state index in [9.17, 15) is 8.42 Å². The predicted octanol–water partition coefficient (Wildman–Crippen LogP) is 0.600. The minimum Gasteiger partial charge on any atom is -0.379 e. The van der Waals surface area contributed by atoms with Gasteiger partial charge in [0.2, 0.25) is 0 Å². The van der Waals surface area contributed by atoms with Gasteiger partial charge < -0.3 is 19.9 Å². The second-order valence-corrected chi connectivity index (χ2v) is 6.79. The third-order valence-electron chi connectivity index (χ3n) is 2.58. The minimum absolute atomic E-state index is 0.0487. The van der Waals surface area contributed by atoms with Crippen molar-refractivity contribution in [3.05, 3.63) is 0 Å². The van der Waals surface area contributed by atoms with E-state index in [0.717, 1.165) is 19.4 Å². The summed E-state index contributed by atoms with van der Waals surface area (Å²) >= 11 is 0. The van der Waals surface area contributed by atoms with Crippen LogP contribution in [-0.4, -0.2) is 66.1 Å². The molecule has 0 rings (SSSR count). The third kappa shape index (κ3) is 14.2.